The molecule has 2 N–H and O–H groups in total. The molecule has 2 aromatic heterocycles. The molecule has 1 aliphatic carbocycles. The number of thiophene rings is 1. The number of nitrogens with one attached hydrogen (secondary N) is 2. The van der Waals surface area contributed by atoms with E-state index in [0.29, 0.717) is 5.69 Å². The zero-order chi connectivity index (χ0) is 17.2. The molecule has 1 aliphatic rings. The first kappa shape index (κ1) is 16.0. The van der Waals surface area contributed by atoms with Crippen molar-refractivity contribution >= 4 is 17.2 Å². The van der Waals surface area contributed by atoms with Crippen molar-refractivity contribution in [3.63, 3.8) is 0 Å². The molecule has 1 aromatic carbocycles. The number of aromatic amines is 1. The molecule has 0 aliphatic heterocycles. The number of halogens is 1. The molecule has 4 rings (SSSR count). The Labute approximate surface area is 149 Å². The summed E-state index contributed by atoms with van der Waals surface area (Å²) >= 11 is 1.56. The topological polar surface area (TPSA) is 57.8 Å². The Balaban J connectivity index is 1.63. The van der Waals surface area contributed by atoms with Crippen LogP contribution in [0.4, 0.5) is 4.39 Å². The van der Waals surface area contributed by atoms with Gasteiger partial charge < -0.3 is 5.32 Å². The number of aryl methyl sites for hydroxylation is 1. The normalized spacial score (nSPS) is 14.8. The maximum absolute atomic E-state index is 13.3. The highest BCUT2D eigenvalue weighted by atomic mass is 32.1. The molecular formula is C19H18FN3OS. The lowest BCUT2D eigenvalue weighted by molar-refractivity contribution is 0.0937. The Morgan fingerprint density at radius 1 is 1.20 bits per heavy atom. The van der Waals surface area contributed by atoms with Gasteiger partial charge in [-0.1, -0.05) is 18.2 Å². The van der Waals surface area contributed by atoms with Gasteiger partial charge in [-0.25, -0.2) is 4.39 Å². The van der Waals surface area contributed by atoms with Gasteiger partial charge in [-0.15, -0.1) is 11.3 Å². The number of nitrogens with zero attached hydrogens (tertiary/aromatic N) is 1. The molecule has 0 spiro atoms. The zero-order valence-corrected chi connectivity index (χ0v) is 14.4. The smallest absolute Gasteiger partial charge is 0.272 e. The number of fused-ring (bicyclic) bond motifs is 1. The van der Waals surface area contributed by atoms with Gasteiger partial charge in [0.15, 0.2) is 5.69 Å². The number of carbonyl (C=O) groups excluding carboxylic acids is 1. The van der Waals surface area contributed by atoms with Crippen molar-refractivity contribution in [3.05, 3.63) is 75.0 Å². The molecule has 1 amide bonds. The average molecular weight is 355 g/mol. The van der Waals surface area contributed by atoms with Crippen LogP contribution in [0.3, 0.4) is 0 Å². The molecule has 128 valence electrons. The summed E-state index contributed by atoms with van der Waals surface area (Å²) in [5.41, 5.74) is 3.44. The van der Waals surface area contributed by atoms with Crippen molar-refractivity contribution in [1.82, 2.24) is 15.5 Å². The second-order valence-electron chi connectivity index (χ2n) is 6.21. The van der Waals surface area contributed by atoms with Crippen LogP contribution in [0.15, 0.2) is 41.8 Å². The Kier molecular flexibility index (Phi) is 4.36. The lowest BCUT2D eigenvalue weighted by atomic mass is 9.95. The molecule has 4 nitrogen and oxygen atoms in total. The van der Waals surface area contributed by atoms with Crippen molar-refractivity contribution in [2.24, 2.45) is 0 Å². The van der Waals surface area contributed by atoms with Crippen LogP contribution < -0.4 is 5.32 Å². The predicted octanol–water partition coefficient (Wildman–Crippen LogP) is 4.01. The Hall–Kier alpha value is -2.47. The average Bonchev–Trinajstić information content (AvgIpc) is 3.30. The summed E-state index contributed by atoms with van der Waals surface area (Å²) in [5, 5.41) is 12.3. The van der Waals surface area contributed by atoms with Crippen LogP contribution in [0.1, 0.15) is 51.1 Å². The van der Waals surface area contributed by atoms with E-state index < -0.39 is 0 Å². The van der Waals surface area contributed by atoms with Crippen LogP contribution in [0.25, 0.3) is 0 Å². The van der Waals surface area contributed by atoms with Gasteiger partial charge in [-0.05, 0) is 54.8 Å². The van der Waals surface area contributed by atoms with E-state index >= 15 is 0 Å². The third-order valence-electron chi connectivity index (χ3n) is 4.58. The largest absolute Gasteiger partial charge is 0.339 e. The van der Waals surface area contributed by atoms with E-state index in [1.54, 1.807) is 23.5 Å². The Morgan fingerprint density at radius 2 is 2.00 bits per heavy atom. The van der Waals surface area contributed by atoms with E-state index in [1.807, 2.05) is 17.5 Å². The van der Waals surface area contributed by atoms with Crippen molar-refractivity contribution in [3.8, 4) is 0 Å². The molecular weight excluding hydrogens is 337 g/mol. The van der Waals surface area contributed by atoms with Gasteiger partial charge in [-0.3, -0.25) is 9.89 Å². The summed E-state index contributed by atoms with van der Waals surface area (Å²) in [6.07, 6.45) is 4.04. The summed E-state index contributed by atoms with van der Waals surface area (Å²) in [4.78, 5) is 13.9. The fourth-order valence-electron chi connectivity index (χ4n) is 3.30. The third-order valence-corrected chi connectivity index (χ3v) is 5.52. The predicted molar refractivity (Wildman–Crippen MR) is 95.3 cm³/mol. The van der Waals surface area contributed by atoms with Crippen LogP contribution in [-0.4, -0.2) is 16.1 Å². The third kappa shape index (κ3) is 3.22. The van der Waals surface area contributed by atoms with Gasteiger partial charge in [0.1, 0.15) is 5.82 Å². The summed E-state index contributed by atoms with van der Waals surface area (Å²) < 4.78 is 13.3. The molecule has 0 saturated heterocycles. The number of benzene rings is 1. The standard InChI is InChI=1S/C19H18FN3OS/c20-13-9-7-12(8-10-13)17(16-6-3-11-25-16)21-19(24)18-14-4-1-2-5-15(14)22-23-18/h3,6-11,17H,1-2,4-5H2,(H,21,24)(H,22,23)/t17-/m0/s1. The molecule has 1 atom stereocenters. The first-order chi connectivity index (χ1) is 12.2. The zero-order valence-electron chi connectivity index (χ0n) is 13.6. The van der Waals surface area contributed by atoms with E-state index in [4.69, 9.17) is 0 Å². The quantitative estimate of drug-likeness (QED) is 0.743. The highest BCUT2D eigenvalue weighted by molar-refractivity contribution is 7.10. The van der Waals surface area contributed by atoms with E-state index in [2.05, 4.69) is 15.5 Å². The highest BCUT2D eigenvalue weighted by Gasteiger charge is 2.25. The van der Waals surface area contributed by atoms with E-state index in [-0.39, 0.29) is 17.8 Å². The first-order valence-electron chi connectivity index (χ1n) is 8.38. The SMILES string of the molecule is O=C(N[C@@H](c1ccc(F)cc1)c1cccs1)c1n[nH]c2c1CCCC2. The van der Waals surface area contributed by atoms with Gasteiger partial charge in [0.05, 0.1) is 6.04 Å². The molecule has 2 heterocycles. The molecule has 3 aromatic rings. The maximum Gasteiger partial charge on any atom is 0.272 e. The second-order valence-corrected chi connectivity index (χ2v) is 7.19. The van der Waals surface area contributed by atoms with Crippen LogP contribution in [0.2, 0.25) is 0 Å². The van der Waals surface area contributed by atoms with E-state index in [0.717, 1.165) is 47.4 Å². The van der Waals surface area contributed by atoms with Gasteiger partial charge >= 0.3 is 0 Å². The fourth-order valence-corrected chi connectivity index (χ4v) is 4.10. The van der Waals surface area contributed by atoms with Gasteiger partial charge in [0.25, 0.3) is 5.91 Å². The Bertz CT molecular complexity index is 871. The molecule has 25 heavy (non-hydrogen) atoms. The number of H-pyrrole nitrogens is 1. The minimum atomic E-state index is -0.316. The molecule has 0 fully saturated rings. The molecule has 0 unspecified atom stereocenters. The summed E-state index contributed by atoms with van der Waals surface area (Å²) in [7, 11) is 0. The van der Waals surface area contributed by atoms with Crippen LogP contribution >= 0.6 is 11.3 Å². The molecule has 0 radical (unpaired) electrons. The highest BCUT2D eigenvalue weighted by Crippen LogP contribution is 2.28. The summed E-state index contributed by atoms with van der Waals surface area (Å²) in [5.74, 6) is -0.483. The molecule has 6 heteroatoms. The van der Waals surface area contributed by atoms with Crippen molar-refractivity contribution in [2.75, 3.05) is 0 Å². The minimum absolute atomic E-state index is 0.192. The first-order valence-corrected chi connectivity index (χ1v) is 9.26. The van der Waals surface area contributed by atoms with Gasteiger partial charge in [-0.2, -0.15) is 5.10 Å². The Morgan fingerprint density at radius 3 is 2.76 bits per heavy atom. The number of carbonyl (C=O) groups is 1. The number of hydrogen-bond donors (Lipinski definition) is 2. The number of amides is 1. The number of rotatable bonds is 4. The maximum atomic E-state index is 13.3. The molecule has 0 bridgehead atoms. The van der Waals surface area contributed by atoms with Crippen LogP contribution in [0.5, 0.6) is 0 Å². The van der Waals surface area contributed by atoms with E-state index in [1.165, 1.54) is 12.1 Å². The van der Waals surface area contributed by atoms with Crippen molar-refractivity contribution in [2.45, 2.75) is 31.7 Å². The van der Waals surface area contributed by atoms with Crippen LogP contribution in [0, 0.1) is 5.82 Å². The fraction of sp³-hybridized carbons (Fsp3) is 0.263. The van der Waals surface area contributed by atoms with E-state index in [9.17, 15) is 9.18 Å². The van der Waals surface area contributed by atoms with Crippen molar-refractivity contribution in [1.29, 1.82) is 0 Å². The molecule has 0 saturated carbocycles. The monoisotopic (exact) mass is 355 g/mol. The second kappa shape index (κ2) is 6.80. The lowest BCUT2D eigenvalue weighted by Gasteiger charge is -2.18. The number of aromatic nitrogens is 2. The summed E-state index contributed by atoms with van der Waals surface area (Å²) in [6.45, 7) is 0. The number of hydrogen-bond acceptors (Lipinski definition) is 3. The summed E-state index contributed by atoms with van der Waals surface area (Å²) in [6, 6.07) is 9.85. The van der Waals surface area contributed by atoms with Gasteiger partial charge in [0.2, 0.25) is 0 Å². The van der Waals surface area contributed by atoms with Crippen LogP contribution in [-0.2, 0) is 12.8 Å². The van der Waals surface area contributed by atoms with Crippen molar-refractivity contribution < 1.29 is 9.18 Å². The lowest BCUT2D eigenvalue weighted by Crippen LogP contribution is -2.30. The minimum Gasteiger partial charge on any atom is -0.339 e. The van der Waals surface area contributed by atoms with Gasteiger partial charge in [0, 0.05) is 16.1 Å².